The van der Waals surface area contributed by atoms with E-state index in [4.69, 9.17) is 14.4 Å². The Labute approximate surface area is 157 Å². The molecule has 6 N–H and O–H groups in total. The highest BCUT2D eigenvalue weighted by atomic mass is 31.2. The van der Waals surface area contributed by atoms with Crippen LogP contribution in [0.2, 0.25) is 0 Å². The second-order valence-corrected chi connectivity index (χ2v) is 8.71. The van der Waals surface area contributed by atoms with Crippen LogP contribution in [0.3, 0.4) is 0 Å². The van der Waals surface area contributed by atoms with Crippen LogP contribution in [0.5, 0.6) is 0 Å². The monoisotopic (exact) mass is 421 g/mol. The van der Waals surface area contributed by atoms with E-state index in [0.29, 0.717) is 0 Å². The molecule has 3 rings (SSSR count). The Morgan fingerprint density at radius 1 is 1.54 bits per heavy atom. The number of carboxylic acids is 1. The van der Waals surface area contributed by atoms with E-state index >= 15 is 0 Å². The van der Waals surface area contributed by atoms with Crippen molar-refractivity contribution in [1.29, 1.82) is 0 Å². The molecule has 0 bridgehead atoms. The molecule has 1 saturated carbocycles. The number of aliphatic hydroxyl groups is 2. The topological polar surface area (TPSA) is 200 Å². The summed E-state index contributed by atoms with van der Waals surface area (Å²) in [4.78, 5) is 45.8. The van der Waals surface area contributed by atoms with Crippen LogP contribution >= 0.6 is 7.75 Å². The first kappa shape index (κ1) is 20.9. The SMILES string of the molecule is CC(NP(=O)(O)OCC12CC1(O)C(C)(O)C(n1ccc(=O)[nH]c1=O)O2)C(=O)O. The maximum absolute atomic E-state index is 12.0. The average molecular weight is 421 g/mol. The van der Waals surface area contributed by atoms with Crippen molar-refractivity contribution in [1.82, 2.24) is 14.6 Å². The van der Waals surface area contributed by atoms with E-state index < -0.39 is 60.6 Å². The Bertz CT molecular complexity index is 973. The van der Waals surface area contributed by atoms with Crippen molar-refractivity contribution >= 4 is 13.7 Å². The fourth-order valence-corrected chi connectivity index (χ4v) is 4.41. The number of carbonyl (C=O) groups is 1. The molecule has 0 radical (unpaired) electrons. The molecule has 0 aromatic carbocycles. The first-order valence-corrected chi connectivity index (χ1v) is 9.74. The molecular formula is C14H20N3O10P. The normalized spacial score (nSPS) is 37.1. The predicted molar refractivity (Wildman–Crippen MR) is 90.4 cm³/mol. The number of aromatic nitrogens is 2. The van der Waals surface area contributed by atoms with Crippen LogP contribution in [-0.4, -0.2) is 65.2 Å². The van der Waals surface area contributed by atoms with Crippen molar-refractivity contribution < 1.29 is 38.8 Å². The average Bonchev–Trinajstić information content (AvgIpc) is 3.13. The molecule has 6 atom stereocenters. The van der Waals surface area contributed by atoms with Gasteiger partial charge in [-0.25, -0.2) is 14.4 Å². The molecule has 2 heterocycles. The number of aromatic amines is 1. The van der Waals surface area contributed by atoms with Gasteiger partial charge in [-0.3, -0.25) is 23.7 Å². The predicted octanol–water partition coefficient (Wildman–Crippen LogP) is -2.13. The van der Waals surface area contributed by atoms with Crippen LogP contribution in [0, 0.1) is 0 Å². The highest BCUT2D eigenvalue weighted by molar-refractivity contribution is 7.50. The van der Waals surface area contributed by atoms with Crippen molar-refractivity contribution in [3.63, 3.8) is 0 Å². The summed E-state index contributed by atoms with van der Waals surface area (Å²) in [7, 11) is -4.57. The van der Waals surface area contributed by atoms with Gasteiger partial charge in [-0.2, -0.15) is 0 Å². The lowest BCUT2D eigenvalue weighted by Gasteiger charge is -2.31. The second-order valence-electron chi connectivity index (χ2n) is 7.15. The zero-order valence-corrected chi connectivity index (χ0v) is 15.8. The van der Waals surface area contributed by atoms with Crippen molar-refractivity contribution in [2.45, 2.75) is 49.3 Å². The molecule has 6 unspecified atom stereocenters. The summed E-state index contributed by atoms with van der Waals surface area (Å²) in [6.07, 6.45) is -0.491. The molecule has 2 aliphatic rings. The third-order valence-corrected chi connectivity index (χ3v) is 6.32. The zero-order valence-electron chi connectivity index (χ0n) is 14.9. The van der Waals surface area contributed by atoms with Crippen molar-refractivity contribution in [3.8, 4) is 0 Å². The van der Waals surface area contributed by atoms with E-state index in [1.165, 1.54) is 6.92 Å². The highest BCUT2D eigenvalue weighted by Gasteiger charge is 2.84. The highest BCUT2D eigenvalue weighted by Crippen LogP contribution is 2.67. The van der Waals surface area contributed by atoms with E-state index in [-0.39, 0.29) is 6.42 Å². The summed E-state index contributed by atoms with van der Waals surface area (Å²) in [5, 5.41) is 32.2. The van der Waals surface area contributed by atoms with E-state index in [0.717, 1.165) is 23.8 Å². The first-order valence-electron chi connectivity index (χ1n) is 8.17. The molecule has 2 fully saturated rings. The molecule has 13 nitrogen and oxygen atoms in total. The number of aliphatic carboxylic acids is 1. The molecule has 14 heteroatoms. The smallest absolute Gasteiger partial charge is 0.403 e. The fraction of sp³-hybridized carbons (Fsp3) is 0.643. The van der Waals surface area contributed by atoms with Crippen LogP contribution < -0.4 is 16.3 Å². The summed E-state index contributed by atoms with van der Waals surface area (Å²) < 4.78 is 23.4. The van der Waals surface area contributed by atoms with Crippen LogP contribution in [0.15, 0.2) is 21.9 Å². The molecule has 1 aromatic heterocycles. The molecule has 0 amide bonds. The molecule has 28 heavy (non-hydrogen) atoms. The second kappa shape index (κ2) is 6.32. The third-order valence-electron chi connectivity index (χ3n) is 5.13. The first-order chi connectivity index (χ1) is 12.7. The Morgan fingerprint density at radius 2 is 2.18 bits per heavy atom. The van der Waals surface area contributed by atoms with Gasteiger partial charge in [0, 0.05) is 18.7 Å². The van der Waals surface area contributed by atoms with Crippen molar-refractivity contribution in [2.75, 3.05) is 6.61 Å². The lowest BCUT2D eigenvalue weighted by Crippen LogP contribution is -2.49. The minimum Gasteiger partial charge on any atom is -0.480 e. The number of fused-ring (bicyclic) bond motifs is 1. The van der Waals surface area contributed by atoms with E-state index in [9.17, 15) is 34.1 Å². The Hall–Kier alpha value is -1.86. The summed E-state index contributed by atoms with van der Waals surface area (Å²) >= 11 is 0. The maximum Gasteiger partial charge on any atom is 0.403 e. The van der Waals surface area contributed by atoms with Gasteiger partial charge in [-0.1, -0.05) is 0 Å². The minimum atomic E-state index is -4.57. The van der Waals surface area contributed by atoms with E-state index in [1.54, 1.807) is 0 Å². The minimum absolute atomic E-state index is 0.157. The zero-order chi connectivity index (χ0) is 21.1. The number of hydrogen-bond donors (Lipinski definition) is 6. The lowest BCUT2D eigenvalue weighted by molar-refractivity contribution is -0.143. The molecule has 1 saturated heterocycles. The summed E-state index contributed by atoms with van der Waals surface area (Å²) in [6.45, 7) is 1.68. The molecule has 1 aliphatic carbocycles. The number of nitrogens with zero attached hydrogens (tertiary/aromatic N) is 1. The van der Waals surface area contributed by atoms with Gasteiger partial charge in [0.1, 0.15) is 22.8 Å². The fourth-order valence-electron chi connectivity index (χ4n) is 3.35. The van der Waals surface area contributed by atoms with Gasteiger partial charge in [0.2, 0.25) is 0 Å². The van der Waals surface area contributed by atoms with E-state index in [1.807, 2.05) is 10.1 Å². The third kappa shape index (κ3) is 3.14. The standard InChI is InChI=1S/C14H20N3O10P/c1-7(9(19)20)16-28(24,25)26-6-13-5-14(13,23)12(2,22)10(27-13)17-4-3-8(18)15-11(17)21/h3-4,7,10,22-23H,5-6H2,1-2H3,(H,19,20)(H,15,18,21)(H2,16,24,25). The maximum atomic E-state index is 12.0. The Balaban J connectivity index is 1.81. The van der Waals surface area contributed by atoms with Crippen molar-refractivity contribution in [2.24, 2.45) is 0 Å². The Morgan fingerprint density at radius 3 is 2.75 bits per heavy atom. The summed E-state index contributed by atoms with van der Waals surface area (Å²) in [6, 6.07) is -0.358. The van der Waals surface area contributed by atoms with Crippen molar-refractivity contribution in [3.05, 3.63) is 33.1 Å². The van der Waals surface area contributed by atoms with E-state index in [2.05, 4.69) is 0 Å². The van der Waals surface area contributed by atoms with Gasteiger partial charge in [0.05, 0.1) is 6.61 Å². The number of nitrogens with one attached hydrogen (secondary N) is 2. The Kier molecular flexibility index (Phi) is 4.71. The van der Waals surface area contributed by atoms with Crippen LogP contribution in [-0.2, 0) is 18.6 Å². The van der Waals surface area contributed by atoms with Gasteiger partial charge in [0.25, 0.3) is 5.56 Å². The van der Waals surface area contributed by atoms with Gasteiger partial charge in [0.15, 0.2) is 6.23 Å². The van der Waals surface area contributed by atoms with Crippen LogP contribution in [0.1, 0.15) is 26.5 Å². The van der Waals surface area contributed by atoms with Crippen LogP contribution in [0.25, 0.3) is 0 Å². The molecule has 1 aliphatic heterocycles. The number of ether oxygens (including phenoxy) is 1. The lowest BCUT2D eigenvalue weighted by atomic mass is 9.94. The van der Waals surface area contributed by atoms with Gasteiger partial charge in [-0.05, 0) is 13.8 Å². The molecular weight excluding hydrogens is 401 g/mol. The largest absolute Gasteiger partial charge is 0.480 e. The number of hydrogen-bond acceptors (Lipinski definition) is 8. The quantitative estimate of drug-likeness (QED) is 0.263. The number of carboxylic acid groups (broad SMARTS) is 1. The van der Waals surface area contributed by atoms with Gasteiger partial charge >= 0.3 is 19.4 Å². The number of H-pyrrole nitrogens is 1. The van der Waals surface area contributed by atoms with Gasteiger partial charge in [-0.15, -0.1) is 0 Å². The number of rotatable bonds is 7. The van der Waals surface area contributed by atoms with Crippen LogP contribution in [0.4, 0.5) is 0 Å². The molecule has 1 aromatic rings. The molecule has 156 valence electrons. The summed E-state index contributed by atoms with van der Waals surface area (Å²) in [5.74, 6) is -1.38. The molecule has 0 spiro atoms. The summed E-state index contributed by atoms with van der Waals surface area (Å²) in [5.41, 5.74) is -7.06. The van der Waals surface area contributed by atoms with Gasteiger partial charge < -0.3 is 24.9 Å².